The van der Waals surface area contributed by atoms with Crippen molar-refractivity contribution < 1.29 is 9.47 Å². The summed E-state index contributed by atoms with van der Waals surface area (Å²) < 4.78 is 11.7. The van der Waals surface area contributed by atoms with E-state index in [0.717, 1.165) is 43.2 Å². The minimum atomic E-state index is 0.627. The van der Waals surface area contributed by atoms with Gasteiger partial charge in [0.25, 0.3) is 0 Å². The lowest BCUT2D eigenvalue weighted by Gasteiger charge is -2.12. The van der Waals surface area contributed by atoms with Gasteiger partial charge in [0.1, 0.15) is 18.1 Å². The van der Waals surface area contributed by atoms with Crippen molar-refractivity contribution in [1.82, 2.24) is 0 Å². The lowest BCUT2D eigenvalue weighted by atomic mass is 10.1. The Balaban J connectivity index is 1.34. The molecule has 28 heavy (non-hydrogen) atoms. The van der Waals surface area contributed by atoms with Crippen LogP contribution in [0.5, 0.6) is 11.5 Å². The van der Waals surface area contributed by atoms with Crippen molar-refractivity contribution in [3.63, 3.8) is 0 Å². The summed E-state index contributed by atoms with van der Waals surface area (Å²) in [4.78, 5) is 0. The van der Waals surface area contributed by atoms with Gasteiger partial charge in [0.2, 0.25) is 0 Å². The average Bonchev–Trinajstić information content (AvgIpc) is 2.73. The predicted octanol–water partition coefficient (Wildman–Crippen LogP) is 5.81. The van der Waals surface area contributed by atoms with E-state index in [1.54, 1.807) is 0 Å². The maximum atomic E-state index is 5.88. The summed E-state index contributed by atoms with van der Waals surface area (Å²) in [7, 11) is 0. The molecule has 3 aromatic rings. The highest BCUT2D eigenvalue weighted by molar-refractivity contribution is 5.46. The van der Waals surface area contributed by atoms with E-state index >= 15 is 0 Å². The number of hydrogen-bond acceptors (Lipinski definition) is 3. The Hall–Kier alpha value is -2.94. The molecule has 0 aliphatic heterocycles. The van der Waals surface area contributed by atoms with Crippen LogP contribution >= 0.6 is 0 Å². The Morgan fingerprint density at radius 3 is 2.36 bits per heavy atom. The molecule has 0 saturated heterocycles. The molecule has 0 atom stereocenters. The predicted molar refractivity (Wildman–Crippen MR) is 117 cm³/mol. The fourth-order valence-corrected chi connectivity index (χ4v) is 3.00. The van der Waals surface area contributed by atoms with Crippen LogP contribution in [0.25, 0.3) is 0 Å². The number of ether oxygens (including phenoxy) is 2. The van der Waals surface area contributed by atoms with E-state index < -0.39 is 0 Å². The van der Waals surface area contributed by atoms with E-state index in [9.17, 15) is 0 Å². The summed E-state index contributed by atoms with van der Waals surface area (Å²) in [5.74, 6) is 1.87. The summed E-state index contributed by atoms with van der Waals surface area (Å²) >= 11 is 0. The highest BCUT2D eigenvalue weighted by atomic mass is 16.5. The molecule has 3 aromatic carbocycles. The van der Waals surface area contributed by atoms with E-state index in [2.05, 4.69) is 61.6 Å². The van der Waals surface area contributed by atoms with Gasteiger partial charge in [-0.1, -0.05) is 42.5 Å². The average molecular weight is 376 g/mol. The molecule has 0 bridgehead atoms. The van der Waals surface area contributed by atoms with E-state index in [0.29, 0.717) is 6.61 Å². The van der Waals surface area contributed by atoms with Crippen LogP contribution in [0.2, 0.25) is 0 Å². The quantitative estimate of drug-likeness (QED) is 0.454. The Kier molecular flexibility index (Phi) is 7.36. The van der Waals surface area contributed by atoms with Gasteiger partial charge in [-0.15, -0.1) is 0 Å². The van der Waals surface area contributed by atoms with Crippen molar-refractivity contribution in [3.8, 4) is 11.5 Å². The molecule has 0 amide bonds. The van der Waals surface area contributed by atoms with Gasteiger partial charge in [-0.25, -0.2) is 0 Å². The zero-order valence-corrected chi connectivity index (χ0v) is 16.8. The monoisotopic (exact) mass is 375 g/mol. The second-order valence-electron chi connectivity index (χ2n) is 7.01. The molecule has 0 heterocycles. The molecule has 3 nitrogen and oxygen atoms in total. The third-order valence-corrected chi connectivity index (χ3v) is 4.61. The molecule has 146 valence electrons. The molecule has 0 spiro atoms. The fraction of sp³-hybridized carbons (Fsp3) is 0.280. The van der Waals surface area contributed by atoms with Crippen LogP contribution in [-0.2, 0) is 6.42 Å². The van der Waals surface area contributed by atoms with Gasteiger partial charge in [-0.3, -0.25) is 0 Å². The summed E-state index contributed by atoms with van der Waals surface area (Å²) in [6, 6.07) is 24.9. The first-order valence-electron chi connectivity index (χ1n) is 9.91. The Morgan fingerprint density at radius 2 is 1.57 bits per heavy atom. The van der Waals surface area contributed by atoms with Gasteiger partial charge in [0, 0.05) is 12.2 Å². The summed E-state index contributed by atoms with van der Waals surface area (Å²) in [6.45, 7) is 6.26. The molecular weight excluding hydrogens is 346 g/mol. The maximum Gasteiger partial charge on any atom is 0.122 e. The molecule has 3 rings (SSSR count). The van der Waals surface area contributed by atoms with Gasteiger partial charge in [0.15, 0.2) is 0 Å². The smallest absolute Gasteiger partial charge is 0.122 e. The van der Waals surface area contributed by atoms with Gasteiger partial charge >= 0.3 is 0 Å². The van der Waals surface area contributed by atoms with Crippen molar-refractivity contribution in [2.75, 3.05) is 25.1 Å². The van der Waals surface area contributed by atoms with Crippen molar-refractivity contribution in [2.45, 2.75) is 26.7 Å². The minimum Gasteiger partial charge on any atom is -0.494 e. The van der Waals surface area contributed by atoms with Crippen molar-refractivity contribution in [3.05, 3.63) is 89.5 Å². The van der Waals surface area contributed by atoms with Crippen LogP contribution in [0.15, 0.2) is 72.8 Å². The second kappa shape index (κ2) is 10.4. The molecule has 0 aliphatic carbocycles. The Bertz CT molecular complexity index is 844. The van der Waals surface area contributed by atoms with Gasteiger partial charge in [-0.05, 0) is 73.7 Å². The van der Waals surface area contributed by atoms with Crippen molar-refractivity contribution in [2.24, 2.45) is 0 Å². The first-order chi connectivity index (χ1) is 13.7. The van der Waals surface area contributed by atoms with Gasteiger partial charge < -0.3 is 14.8 Å². The lowest BCUT2D eigenvalue weighted by Crippen LogP contribution is -2.12. The Morgan fingerprint density at radius 1 is 0.786 bits per heavy atom. The summed E-state index contributed by atoms with van der Waals surface area (Å²) in [6.07, 6.45) is 2.06. The van der Waals surface area contributed by atoms with Crippen LogP contribution < -0.4 is 14.8 Å². The van der Waals surface area contributed by atoms with E-state index in [1.165, 1.54) is 16.7 Å². The molecule has 0 fully saturated rings. The zero-order valence-electron chi connectivity index (χ0n) is 16.8. The number of nitrogens with one attached hydrogen (secondary N) is 1. The van der Waals surface area contributed by atoms with Crippen LogP contribution in [0.1, 0.15) is 23.1 Å². The molecule has 0 saturated carbocycles. The first kappa shape index (κ1) is 19.8. The standard InChI is InChI=1S/C25H29NO2/c1-20-10-11-21(2)25(19-20)28-18-16-26-23-12-14-24(15-13-23)27-17-6-9-22-7-4-3-5-8-22/h3-5,7-8,10-15,19,26H,6,9,16-18H2,1-2H3. The highest BCUT2D eigenvalue weighted by Gasteiger charge is 2.00. The molecule has 0 aromatic heterocycles. The molecule has 3 heteroatoms. The largest absolute Gasteiger partial charge is 0.494 e. The van der Waals surface area contributed by atoms with Crippen molar-refractivity contribution >= 4 is 5.69 Å². The summed E-state index contributed by atoms with van der Waals surface area (Å²) in [5, 5.41) is 3.38. The highest BCUT2D eigenvalue weighted by Crippen LogP contribution is 2.19. The third kappa shape index (κ3) is 6.34. The van der Waals surface area contributed by atoms with Crippen molar-refractivity contribution in [1.29, 1.82) is 0 Å². The van der Waals surface area contributed by atoms with E-state index in [4.69, 9.17) is 9.47 Å². The van der Waals surface area contributed by atoms with Crippen LogP contribution in [0, 0.1) is 13.8 Å². The van der Waals surface area contributed by atoms with Crippen LogP contribution in [0.4, 0.5) is 5.69 Å². The lowest BCUT2D eigenvalue weighted by molar-refractivity contribution is 0.311. The van der Waals surface area contributed by atoms with Crippen LogP contribution in [-0.4, -0.2) is 19.8 Å². The summed E-state index contributed by atoms with van der Waals surface area (Å²) in [5.41, 5.74) is 4.81. The number of benzene rings is 3. The normalized spacial score (nSPS) is 10.5. The molecular formula is C25H29NO2. The second-order valence-corrected chi connectivity index (χ2v) is 7.01. The number of rotatable bonds is 10. The minimum absolute atomic E-state index is 0.627. The topological polar surface area (TPSA) is 30.5 Å². The number of hydrogen-bond donors (Lipinski definition) is 1. The first-order valence-corrected chi connectivity index (χ1v) is 9.91. The molecule has 0 unspecified atom stereocenters. The van der Waals surface area contributed by atoms with Crippen LogP contribution in [0.3, 0.4) is 0 Å². The van der Waals surface area contributed by atoms with E-state index in [1.807, 2.05) is 30.3 Å². The molecule has 1 N–H and O–H groups in total. The molecule has 0 aliphatic rings. The van der Waals surface area contributed by atoms with Gasteiger partial charge in [-0.2, -0.15) is 0 Å². The third-order valence-electron chi connectivity index (χ3n) is 4.61. The SMILES string of the molecule is Cc1ccc(C)c(OCCNc2ccc(OCCCc3ccccc3)cc2)c1. The zero-order chi connectivity index (χ0) is 19.6. The molecule has 0 radical (unpaired) electrons. The maximum absolute atomic E-state index is 5.88. The number of aryl methyl sites for hydroxylation is 3. The van der Waals surface area contributed by atoms with E-state index in [-0.39, 0.29) is 0 Å². The van der Waals surface area contributed by atoms with Gasteiger partial charge in [0.05, 0.1) is 6.61 Å². The fourth-order valence-electron chi connectivity index (χ4n) is 3.00. The number of anilines is 1. The Labute approximate surface area is 168 Å².